The molecule has 0 spiro atoms. The molecule has 1 saturated heterocycles. The Morgan fingerprint density at radius 2 is 2.17 bits per heavy atom. The van der Waals surface area contributed by atoms with E-state index in [0.717, 1.165) is 12.5 Å². The molecule has 0 amide bonds. The number of carbonyl (C=O) groups is 1. The quantitative estimate of drug-likeness (QED) is 0.729. The second kappa shape index (κ2) is 7.10. The van der Waals surface area contributed by atoms with E-state index in [-0.39, 0.29) is 5.97 Å². The molecule has 1 heterocycles. The molecule has 0 aromatic heterocycles. The Bertz CT molecular complexity index is 265. The van der Waals surface area contributed by atoms with Crippen LogP contribution in [-0.4, -0.2) is 38.3 Å². The van der Waals surface area contributed by atoms with Gasteiger partial charge in [0.1, 0.15) is 0 Å². The maximum atomic E-state index is 11.1. The zero-order valence-electron chi connectivity index (χ0n) is 11.4. The smallest absolute Gasteiger partial charge is 0.306 e. The summed E-state index contributed by atoms with van der Waals surface area (Å²) < 4.78 is 4.67. The molecular formula is C14H26N2O2. The highest BCUT2D eigenvalue weighted by Crippen LogP contribution is 2.31. The van der Waals surface area contributed by atoms with Crippen LogP contribution in [0.15, 0.2) is 0 Å². The molecule has 2 N–H and O–H groups in total. The summed E-state index contributed by atoms with van der Waals surface area (Å²) in [6.07, 6.45) is 8.39. The van der Waals surface area contributed by atoms with Gasteiger partial charge >= 0.3 is 5.97 Å². The number of esters is 1. The zero-order valence-corrected chi connectivity index (χ0v) is 11.4. The molecule has 0 radical (unpaired) electrons. The lowest BCUT2D eigenvalue weighted by Gasteiger charge is -2.33. The first-order chi connectivity index (χ1) is 8.81. The molecule has 3 atom stereocenters. The maximum absolute atomic E-state index is 11.1. The number of nitrogens with one attached hydrogen (secondary N) is 2. The Kier molecular flexibility index (Phi) is 5.45. The Balaban J connectivity index is 1.74. The van der Waals surface area contributed by atoms with E-state index in [4.69, 9.17) is 0 Å². The van der Waals surface area contributed by atoms with Crippen LogP contribution in [0.1, 0.15) is 44.9 Å². The Morgan fingerprint density at radius 3 is 2.89 bits per heavy atom. The van der Waals surface area contributed by atoms with Crippen molar-refractivity contribution in [3.05, 3.63) is 0 Å². The zero-order chi connectivity index (χ0) is 12.8. The molecule has 1 aliphatic carbocycles. The SMILES string of the molecule is COC(=O)CCNC1CCCC1C1CCCCN1. The summed E-state index contributed by atoms with van der Waals surface area (Å²) in [5.41, 5.74) is 0. The lowest BCUT2D eigenvalue weighted by molar-refractivity contribution is -0.140. The first-order valence-corrected chi connectivity index (χ1v) is 7.35. The average Bonchev–Trinajstić information content (AvgIpc) is 2.88. The van der Waals surface area contributed by atoms with E-state index in [1.54, 1.807) is 0 Å². The molecule has 104 valence electrons. The fourth-order valence-electron chi connectivity index (χ4n) is 3.43. The van der Waals surface area contributed by atoms with Gasteiger partial charge in [-0.3, -0.25) is 4.79 Å². The van der Waals surface area contributed by atoms with Crippen molar-refractivity contribution in [3.8, 4) is 0 Å². The van der Waals surface area contributed by atoms with Crippen LogP contribution < -0.4 is 10.6 Å². The Labute approximate surface area is 110 Å². The molecule has 2 rings (SSSR count). The van der Waals surface area contributed by atoms with Gasteiger partial charge in [-0.1, -0.05) is 12.8 Å². The largest absolute Gasteiger partial charge is 0.469 e. The molecule has 0 bridgehead atoms. The standard InChI is InChI=1S/C14H26N2O2/c1-18-14(17)8-10-16-13-7-4-5-11(13)12-6-2-3-9-15-12/h11-13,15-16H,2-10H2,1H3. The maximum Gasteiger partial charge on any atom is 0.306 e. The number of hydrogen-bond donors (Lipinski definition) is 2. The van der Waals surface area contributed by atoms with Crippen LogP contribution in [0, 0.1) is 5.92 Å². The van der Waals surface area contributed by atoms with Gasteiger partial charge in [0, 0.05) is 18.6 Å². The normalized spacial score (nSPS) is 32.4. The van der Waals surface area contributed by atoms with E-state index in [1.165, 1.54) is 52.2 Å². The van der Waals surface area contributed by atoms with Crippen LogP contribution in [0.3, 0.4) is 0 Å². The van der Waals surface area contributed by atoms with Gasteiger partial charge < -0.3 is 15.4 Å². The molecular weight excluding hydrogens is 228 g/mol. The van der Waals surface area contributed by atoms with E-state index in [9.17, 15) is 4.79 Å². The molecule has 18 heavy (non-hydrogen) atoms. The molecule has 4 heteroatoms. The molecule has 1 saturated carbocycles. The van der Waals surface area contributed by atoms with Crippen LogP contribution >= 0.6 is 0 Å². The van der Waals surface area contributed by atoms with E-state index in [0.29, 0.717) is 18.5 Å². The van der Waals surface area contributed by atoms with Crippen LogP contribution in [0.25, 0.3) is 0 Å². The second-order valence-electron chi connectivity index (χ2n) is 5.54. The minimum atomic E-state index is -0.118. The highest BCUT2D eigenvalue weighted by molar-refractivity contribution is 5.69. The van der Waals surface area contributed by atoms with Gasteiger partial charge in [0.15, 0.2) is 0 Å². The number of rotatable bonds is 5. The molecule has 1 aliphatic heterocycles. The number of ether oxygens (including phenoxy) is 1. The minimum absolute atomic E-state index is 0.118. The van der Waals surface area contributed by atoms with Crippen LogP contribution in [0.5, 0.6) is 0 Å². The summed E-state index contributed by atoms with van der Waals surface area (Å²) in [7, 11) is 1.45. The number of methoxy groups -OCH3 is 1. The van der Waals surface area contributed by atoms with Crippen molar-refractivity contribution < 1.29 is 9.53 Å². The van der Waals surface area contributed by atoms with Gasteiger partial charge in [-0.25, -0.2) is 0 Å². The van der Waals surface area contributed by atoms with Crippen molar-refractivity contribution in [2.24, 2.45) is 5.92 Å². The lowest BCUT2D eigenvalue weighted by atomic mass is 9.88. The van der Waals surface area contributed by atoms with Crippen LogP contribution in [0.2, 0.25) is 0 Å². The van der Waals surface area contributed by atoms with E-state index in [2.05, 4.69) is 15.4 Å². The molecule has 2 aliphatic rings. The van der Waals surface area contributed by atoms with Crippen molar-refractivity contribution in [3.63, 3.8) is 0 Å². The summed E-state index contributed by atoms with van der Waals surface area (Å²) in [4.78, 5) is 11.1. The number of piperidine rings is 1. The Morgan fingerprint density at radius 1 is 1.28 bits per heavy atom. The summed E-state index contributed by atoms with van der Waals surface area (Å²) in [6.45, 7) is 1.93. The summed E-state index contributed by atoms with van der Waals surface area (Å²) in [5, 5.41) is 7.22. The monoisotopic (exact) mass is 254 g/mol. The van der Waals surface area contributed by atoms with Gasteiger partial charge in [0.25, 0.3) is 0 Å². The van der Waals surface area contributed by atoms with E-state index in [1.807, 2.05) is 0 Å². The predicted molar refractivity (Wildman–Crippen MR) is 71.4 cm³/mol. The minimum Gasteiger partial charge on any atom is -0.469 e. The van der Waals surface area contributed by atoms with Crippen LogP contribution in [-0.2, 0) is 9.53 Å². The van der Waals surface area contributed by atoms with Gasteiger partial charge in [0.2, 0.25) is 0 Å². The topological polar surface area (TPSA) is 50.4 Å². The fraction of sp³-hybridized carbons (Fsp3) is 0.929. The van der Waals surface area contributed by atoms with Crippen molar-refractivity contribution in [1.29, 1.82) is 0 Å². The molecule has 2 fully saturated rings. The number of hydrogen-bond acceptors (Lipinski definition) is 4. The average molecular weight is 254 g/mol. The summed E-state index contributed by atoms with van der Waals surface area (Å²) >= 11 is 0. The third-order valence-corrected chi connectivity index (χ3v) is 4.40. The van der Waals surface area contributed by atoms with Gasteiger partial charge in [-0.15, -0.1) is 0 Å². The molecule has 4 nitrogen and oxygen atoms in total. The lowest BCUT2D eigenvalue weighted by Crippen LogP contribution is -2.47. The van der Waals surface area contributed by atoms with Crippen molar-refractivity contribution >= 4 is 5.97 Å². The van der Waals surface area contributed by atoms with Crippen LogP contribution in [0.4, 0.5) is 0 Å². The van der Waals surface area contributed by atoms with Gasteiger partial charge in [0.05, 0.1) is 13.5 Å². The molecule has 0 aromatic carbocycles. The number of carbonyl (C=O) groups excluding carboxylic acids is 1. The van der Waals surface area contributed by atoms with Gasteiger partial charge in [-0.2, -0.15) is 0 Å². The molecule has 3 unspecified atom stereocenters. The fourth-order valence-corrected chi connectivity index (χ4v) is 3.43. The van der Waals surface area contributed by atoms with E-state index >= 15 is 0 Å². The first-order valence-electron chi connectivity index (χ1n) is 7.35. The van der Waals surface area contributed by atoms with Gasteiger partial charge in [-0.05, 0) is 38.1 Å². The summed E-state index contributed by atoms with van der Waals surface area (Å²) in [5.74, 6) is 0.635. The van der Waals surface area contributed by atoms with Crippen molar-refractivity contribution in [2.45, 2.75) is 57.0 Å². The van der Waals surface area contributed by atoms with Crippen molar-refractivity contribution in [2.75, 3.05) is 20.2 Å². The van der Waals surface area contributed by atoms with Crippen molar-refractivity contribution in [1.82, 2.24) is 10.6 Å². The summed E-state index contributed by atoms with van der Waals surface area (Å²) in [6, 6.07) is 1.28. The van der Waals surface area contributed by atoms with E-state index < -0.39 is 0 Å². The third-order valence-electron chi connectivity index (χ3n) is 4.40. The highest BCUT2D eigenvalue weighted by atomic mass is 16.5. The predicted octanol–water partition coefficient (Wildman–Crippen LogP) is 1.45. The first kappa shape index (κ1) is 13.8. The third kappa shape index (κ3) is 3.69. The molecule has 0 aromatic rings. The second-order valence-corrected chi connectivity index (χ2v) is 5.54. The highest BCUT2D eigenvalue weighted by Gasteiger charge is 2.33. The Hall–Kier alpha value is -0.610.